The molecular weight excluding hydrogens is 363 g/mol. The molecule has 0 aliphatic heterocycles. The van der Waals surface area contributed by atoms with Crippen molar-refractivity contribution >= 4 is 6.08 Å². The fraction of sp³-hybridized carbons (Fsp3) is 0.615. The molecule has 0 heterocycles. The van der Waals surface area contributed by atoms with Gasteiger partial charge in [0.15, 0.2) is 0 Å². The van der Waals surface area contributed by atoms with Gasteiger partial charge in [0.1, 0.15) is 5.82 Å². The maximum absolute atomic E-state index is 13.3. The summed E-state index contributed by atoms with van der Waals surface area (Å²) in [6.45, 7) is 4.72. The first-order valence-corrected chi connectivity index (χ1v) is 11.3. The fourth-order valence-electron chi connectivity index (χ4n) is 7.41. The quantitative estimate of drug-likeness (QED) is 0.615. The maximum atomic E-state index is 13.3. The van der Waals surface area contributed by atoms with Crippen LogP contribution in [0.1, 0.15) is 64.4 Å². The van der Waals surface area contributed by atoms with E-state index < -0.39 is 6.10 Å². The first-order chi connectivity index (χ1) is 13.8. The Labute approximate surface area is 173 Å². The van der Waals surface area contributed by atoms with Crippen molar-refractivity contribution in [3.05, 3.63) is 52.9 Å². The zero-order valence-corrected chi connectivity index (χ0v) is 17.6. The summed E-state index contributed by atoms with van der Waals surface area (Å²) in [5.74, 6) is 1.53. The van der Waals surface area contributed by atoms with E-state index in [4.69, 9.17) is 0 Å². The second-order valence-corrected chi connectivity index (χ2v) is 10.6. The molecule has 1 aromatic rings. The van der Waals surface area contributed by atoms with Crippen LogP contribution in [0.2, 0.25) is 0 Å². The molecule has 3 saturated carbocycles. The first kappa shape index (κ1) is 19.5. The van der Waals surface area contributed by atoms with Gasteiger partial charge in [-0.15, -0.1) is 0 Å². The molecule has 3 fully saturated rings. The van der Waals surface area contributed by atoms with Gasteiger partial charge in [0.2, 0.25) is 0 Å². The molecule has 7 atom stereocenters. The molecule has 0 unspecified atom stereocenters. The summed E-state index contributed by atoms with van der Waals surface area (Å²) < 4.78 is 13.3. The second-order valence-electron chi connectivity index (χ2n) is 10.6. The average molecular weight is 397 g/mol. The molecule has 4 aliphatic rings. The van der Waals surface area contributed by atoms with E-state index in [1.54, 1.807) is 12.1 Å². The minimum Gasteiger partial charge on any atom is -0.393 e. The molecule has 2 nitrogen and oxygen atoms in total. The lowest BCUT2D eigenvalue weighted by Crippen LogP contribution is -2.51. The van der Waals surface area contributed by atoms with Crippen molar-refractivity contribution in [3.8, 4) is 0 Å². The van der Waals surface area contributed by atoms with Gasteiger partial charge >= 0.3 is 0 Å². The maximum Gasteiger partial charge on any atom is 0.123 e. The number of halogens is 1. The van der Waals surface area contributed by atoms with E-state index in [0.29, 0.717) is 17.8 Å². The third-order valence-corrected chi connectivity index (χ3v) is 9.17. The van der Waals surface area contributed by atoms with Crippen LogP contribution in [0.4, 0.5) is 4.39 Å². The smallest absolute Gasteiger partial charge is 0.123 e. The summed E-state index contributed by atoms with van der Waals surface area (Å²) in [6, 6.07) is 6.58. The summed E-state index contributed by atoms with van der Waals surface area (Å²) in [5, 5.41) is 21.5. The molecule has 0 radical (unpaired) electrons. The van der Waals surface area contributed by atoms with Crippen LogP contribution in [0.15, 0.2) is 41.5 Å². The molecule has 4 aliphatic carbocycles. The Bertz CT molecular complexity index is 856. The van der Waals surface area contributed by atoms with Crippen molar-refractivity contribution in [2.24, 2.45) is 28.6 Å². The number of aliphatic hydroxyl groups excluding tert-OH is 2. The second kappa shape index (κ2) is 6.78. The lowest BCUT2D eigenvalue weighted by Gasteiger charge is -2.57. The molecule has 0 bridgehead atoms. The summed E-state index contributed by atoms with van der Waals surface area (Å²) >= 11 is 0. The topological polar surface area (TPSA) is 40.5 Å². The highest BCUT2D eigenvalue weighted by atomic mass is 19.1. The van der Waals surface area contributed by atoms with E-state index in [1.807, 2.05) is 0 Å². The summed E-state index contributed by atoms with van der Waals surface area (Å²) in [4.78, 5) is 0. The summed E-state index contributed by atoms with van der Waals surface area (Å²) in [5.41, 5.74) is 3.73. The molecule has 1 aromatic carbocycles. The first-order valence-electron chi connectivity index (χ1n) is 11.3. The monoisotopic (exact) mass is 396 g/mol. The van der Waals surface area contributed by atoms with Crippen LogP contribution in [-0.2, 0) is 0 Å². The summed E-state index contributed by atoms with van der Waals surface area (Å²) in [7, 11) is 0. The molecule has 3 heteroatoms. The number of hydrogen-bond acceptors (Lipinski definition) is 2. The number of fused-ring (bicyclic) bond motifs is 5. The minimum atomic E-state index is -0.412. The fourth-order valence-corrected chi connectivity index (χ4v) is 7.41. The van der Waals surface area contributed by atoms with Gasteiger partial charge < -0.3 is 10.2 Å². The van der Waals surface area contributed by atoms with Crippen molar-refractivity contribution in [1.29, 1.82) is 0 Å². The van der Waals surface area contributed by atoms with Crippen LogP contribution < -0.4 is 0 Å². The number of benzene rings is 1. The Morgan fingerprint density at radius 1 is 1.00 bits per heavy atom. The highest BCUT2D eigenvalue weighted by Crippen LogP contribution is 2.65. The summed E-state index contributed by atoms with van der Waals surface area (Å²) in [6.07, 6.45) is 11.0. The largest absolute Gasteiger partial charge is 0.393 e. The molecule has 2 N–H and O–H groups in total. The van der Waals surface area contributed by atoms with E-state index in [9.17, 15) is 14.6 Å². The standard InChI is InChI=1S/C26H33FO2/c1-25-11-9-20(28)15-18(25)5-8-21-22(25)10-12-26(2)23(21)14-17(24(26)29)13-16-3-6-19(27)7-4-16/h3-7,13,20-24,28-29H,8-12,14-15H2,1-2H3/b17-13+/t20-,21-,22+,23+,24+,25+,26+/m1/s1. The van der Waals surface area contributed by atoms with Crippen molar-refractivity contribution in [2.45, 2.75) is 71.0 Å². The van der Waals surface area contributed by atoms with Gasteiger partial charge in [-0.3, -0.25) is 0 Å². The lowest BCUT2D eigenvalue weighted by molar-refractivity contribution is -0.0685. The zero-order valence-electron chi connectivity index (χ0n) is 17.6. The number of aliphatic hydroxyl groups is 2. The van der Waals surface area contributed by atoms with Gasteiger partial charge in [-0.1, -0.05) is 43.7 Å². The Kier molecular flexibility index (Phi) is 4.56. The number of allylic oxidation sites excluding steroid dienone is 1. The molecular formula is C26H33FO2. The lowest BCUT2D eigenvalue weighted by atomic mass is 9.48. The highest BCUT2D eigenvalue weighted by Gasteiger charge is 2.59. The van der Waals surface area contributed by atoms with Crippen LogP contribution >= 0.6 is 0 Å². The van der Waals surface area contributed by atoms with Crippen LogP contribution in [-0.4, -0.2) is 22.4 Å². The van der Waals surface area contributed by atoms with Crippen molar-refractivity contribution < 1.29 is 14.6 Å². The normalized spacial score (nSPS) is 45.3. The van der Waals surface area contributed by atoms with Crippen LogP contribution in [0, 0.1) is 34.4 Å². The Hall–Kier alpha value is -1.45. The predicted octanol–water partition coefficient (Wildman–Crippen LogP) is 5.50. The Morgan fingerprint density at radius 3 is 2.52 bits per heavy atom. The Morgan fingerprint density at radius 2 is 1.76 bits per heavy atom. The van der Waals surface area contributed by atoms with Gasteiger partial charge in [-0.25, -0.2) is 4.39 Å². The van der Waals surface area contributed by atoms with Crippen molar-refractivity contribution in [3.63, 3.8) is 0 Å². The zero-order chi connectivity index (χ0) is 20.4. The third kappa shape index (κ3) is 2.96. The molecule has 0 aromatic heterocycles. The van der Waals surface area contributed by atoms with Crippen LogP contribution in [0.25, 0.3) is 6.08 Å². The molecule has 29 heavy (non-hydrogen) atoms. The average Bonchev–Trinajstić information content (AvgIpc) is 2.95. The van der Waals surface area contributed by atoms with E-state index >= 15 is 0 Å². The highest BCUT2D eigenvalue weighted by molar-refractivity contribution is 5.55. The van der Waals surface area contributed by atoms with Gasteiger partial charge in [0.25, 0.3) is 0 Å². The van der Waals surface area contributed by atoms with E-state index in [1.165, 1.54) is 24.1 Å². The van der Waals surface area contributed by atoms with Gasteiger partial charge in [-0.05, 0) is 91.4 Å². The van der Waals surface area contributed by atoms with E-state index in [-0.39, 0.29) is 22.8 Å². The van der Waals surface area contributed by atoms with Crippen LogP contribution in [0.5, 0.6) is 0 Å². The van der Waals surface area contributed by atoms with Crippen molar-refractivity contribution in [2.75, 3.05) is 0 Å². The molecule has 0 spiro atoms. The molecule has 5 rings (SSSR count). The van der Waals surface area contributed by atoms with Gasteiger partial charge in [0.05, 0.1) is 12.2 Å². The minimum absolute atomic E-state index is 0.0666. The predicted molar refractivity (Wildman–Crippen MR) is 113 cm³/mol. The molecule has 0 amide bonds. The Balaban J connectivity index is 1.46. The molecule has 0 saturated heterocycles. The van der Waals surface area contributed by atoms with Gasteiger partial charge in [-0.2, -0.15) is 0 Å². The molecule has 156 valence electrons. The number of rotatable bonds is 1. The van der Waals surface area contributed by atoms with Crippen LogP contribution in [0.3, 0.4) is 0 Å². The van der Waals surface area contributed by atoms with Crippen molar-refractivity contribution in [1.82, 2.24) is 0 Å². The van der Waals surface area contributed by atoms with E-state index in [0.717, 1.165) is 49.7 Å². The van der Waals surface area contributed by atoms with Gasteiger partial charge in [0, 0.05) is 5.41 Å². The SMILES string of the molecule is C[C@]12CC[C@H]3[C@@H](CC=C4C[C@H](O)CC[C@@]43C)[C@@H]1C/C(=C\c1ccc(F)cc1)[C@@H]2O. The third-order valence-electron chi connectivity index (χ3n) is 9.17. The number of hydrogen-bond donors (Lipinski definition) is 2. The van der Waals surface area contributed by atoms with E-state index in [2.05, 4.69) is 26.0 Å².